The molecule has 2 aromatic carbocycles. The van der Waals surface area contributed by atoms with Crippen molar-refractivity contribution < 1.29 is 22.5 Å². The number of rotatable bonds is 8. The lowest BCUT2D eigenvalue weighted by Crippen LogP contribution is -2.40. The molecule has 1 unspecified atom stereocenters. The van der Waals surface area contributed by atoms with Gasteiger partial charge in [0.2, 0.25) is 27.6 Å². The molecule has 2 aliphatic rings. The summed E-state index contributed by atoms with van der Waals surface area (Å²) in [6.45, 7) is 2.81. The number of ether oxygens (including phenoxy) is 1. The van der Waals surface area contributed by atoms with E-state index in [4.69, 9.17) is 9.26 Å². The second kappa shape index (κ2) is 11.5. The molecule has 0 bridgehead atoms. The van der Waals surface area contributed by atoms with Crippen molar-refractivity contribution in [3.63, 3.8) is 0 Å². The van der Waals surface area contributed by atoms with Gasteiger partial charge in [-0.25, -0.2) is 8.42 Å². The second-order valence-electron chi connectivity index (χ2n) is 9.56. The molecular formula is C26H30BrN5O5S. The number of carbonyl (C=O) groups is 1. The van der Waals surface area contributed by atoms with Crippen LogP contribution in [0.15, 0.2) is 56.4 Å². The quantitative estimate of drug-likeness (QED) is 0.408. The zero-order chi connectivity index (χ0) is 26.7. The van der Waals surface area contributed by atoms with Crippen molar-refractivity contribution in [2.45, 2.75) is 37.1 Å². The van der Waals surface area contributed by atoms with E-state index in [1.165, 1.54) is 23.5 Å². The number of hydrogen-bond acceptors (Lipinski definition) is 8. The number of piperidine rings is 1. The van der Waals surface area contributed by atoms with Gasteiger partial charge >= 0.3 is 0 Å². The first-order chi connectivity index (χ1) is 18.3. The van der Waals surface area contributed by atoms with Crippen LogP contribution in [0.1, 0.15) is 31.6 Å². The number of carbonyl (C=O) groups excluding carboxylic acids is 1. The van der Waals surface area contributed by atoms with Gasteiger partial charge in [-0.1, -0.05) is 21.1 Å². The van der Waals surface area contributed by atoms with Crippen LogP contribution in [-0.4, -0.2) is 67.0 Å². The normalized spacial score (nSPS) is 18.9. The summed E-state index contributed by atoms with van der Waals surface area (Å²) < 4.78 is 39.4. The molecule has 3 heterocycles. The van der Waals surface area contributed by atoms with Crippen molar-refractivity contribution in [2.24, 2.45) is 5.92 Å². The van der Waals surface area contributed by atoms with Gasteiger partial charge in [0, 0.05) is 29.7 Å². The second-order valence-corrected chi connectivity index (χ2v) is 12.4. The van der Waals surface area contributed by atoms with Crippen LogP contribution in [0.2, 0.25) is 0 Å². The summed E-state index contributed by atoms with van der Waals surface area (Å²) in [5.74, 6) is 0.976. The van der Waals surface area contributed by atoms with Crippen LogP contribution in [0.4, 0.5) is 5.69 Å². The molecule has 1 N–H and O–H groups in total. The molecule has 0 radical (unpaired) electrons. The Balaban J connectivity index is 1.25. The van der Waals surface area contributed by atoms with E-state index < -0.39 is 10.0 Å². The third kappa shape index (κ3) is 5.93. The number of anilines is 1. The Labute approximate surface area is 230 Å². The first kappa shape index (κ1) is 26.8. The van der Waals surface area contributed by atoms with Crippen LogP contribution in [-0.2, 0) is 21.4 Å². The number of methoxy groups -OCH3 is 1. The van der Waals surface area contributed by atoms with Gasteiger partial charge < -0.3 is 14.6 Å². The molecule has 3 aromatic rings. The molecule has 10 nitrogen and oxygen atoms in total. The number of aromatic nitrogens is 2. The van der Waals surface area contributed by atoms with Gasteiger partial charge in [-0.05, 0) is 74.7 Å². The van der Waals surface area contributed by atoms with Gasteiger partial charge in [-0.3, -0.25) is 9.69 Å². The number of benzene rings is 2. The minimum atomic E-state index is -3.62. The molecule has 1 amide bonds. The summed E-state index contributed by atoms with van der Waals surface area (Å²) >= 11 is 3.42. The Morgan fingerprint density at radius 3 is 2.63 bits per heavy atom. The maximum absolute atomic E-state index is 13.3. The van der Waals surface area contributed by atoms with E-state index in [2.05, 4.69) is 36.3 Å². The lowest BCUT2D eigenvalue weighted by atomic mass is 9.97. The highest BCUT2D eigenvalue weighted by Gasteiger charge is 2.30. The standard InChI is InChI=1S/C26H30BrN5O5S/c1-36-23-11-10-21(38(34,35)32-13-2-3-14-32)15-22(23)28-26(33)19-5-4-12-31(16-19)17-24-29-25(30-37-24)18-6-8-20(27)9-7-18/h6-11,15,19H,2-5,12-14,16-17H2,1H3,(H,28,33). The Bertz CT molecular complexity index is 1390. The molecule has 1 aromatic heterocycles. The van der Waals surface area contributed by atoms with Crippen molar-refractivity contribution in [3.8, 4) is 17.1 Å². The number of hydrogen-bond donors (Lipinski definition) is 1. The minimum Gasteiger partial charge on any atom is -0.495 e. The van der Waals surface area contributed by atoms with E-state index in [0.29, 0.717) is 49.3 Å². The number of likely N-dealkylation sites (tertiary alicyclic amines) is 1. The van der Waals surface area contributed by atoms with Gasteiger partial charge in [0.1, 0.15) is 5.75 Å². The fourth-order valence-corrected chi connectivity index (χ4v) is 6.71. The van der Waals surface area contributed by atoms with Crippen molar-refractivity contribution >= 4 is 37.5 Å². The lowest BCUT2D eigenvalue weighted by Gasteiger charge is -2.31. The van der Waals surface area contributed by atoms with Crippen LogP contribution in [0.25, 0.3) is 11.4 Å². The highest BCUT2D eigenvalue weighted by molar-refractivity contribution is 9.10. The summed E-state index contributed by atoms with van der Waals surface area (Å²) in [6.07, 6.45) is 3.27. The highest BCUT2D eigenvalue weighted by Crippen LogP contribution is 2.31. The van der Waals surface area contributed by atoms with E-state index in [0.717, 1.165) is 42.3 Å². The Morgan fingerprint density at radius 2 is 1.89 bits per heavy atom. The molecule has 38 heavy (non-hydrogen) atoms. The number of nitrogens with zero attached hydrogens (tertiary/aromatic N) is 4. The summed E-state index contributed by atoms with van der Waals surface area (Å²) in [4.78, 5) is 20.1. The molecule has 202 valence electrons. The van der Waals surface area contributed by atoms with Crippen molar-refractivity contribution in [2.75, 3.05) is 38.6 Å². The first-order valence-corrected chi connectivity index (χ1v) is 14.9. The van der Waals surface area contributed by atoms with Gasteiger partial charge in [0.25, 0.3) is 0 Å². The lowest BCUT2D eigenvalue weighted by molar-refractivity contribution is -0.121. The third-order valence-corrected chi connectivity index (χ3v) is 9.36. The monoisotopic (exact) mass is 603 g/mol. The maximum Gasteiger partial charge on any atom is 0.243 e. The number of halogens is 1. The molecule has 2 aliphatic heterocycles. The van der Waals surface area contributed by atoms with Crippen LogP contribution >= 0.6 is 15.9 Å². The van der Waals surface area contributed by atoms with Crippen LogP contribution in [0.5, 0.6) is 5.75 Å². The molecule has 5 rings (SSSR count). The topological polar surface area (TPSA) is 118 Å². The summed E-state index contributed by atoms with van der Waals surface area (Å²) in [5, 5.41) is 7.01. The Hall–Kier alpha value is -2.80. The SMILES string of the molecule is COc1ccc(S(=O)(=O)N2CCCC2)cc1NC(=O)C1CCCN(Cc2nc(-c3ccc(Br)cc3)no2)C1. The van der Waals surface area contributed by atoms with Crippen molar-refractivity contribution in [1.82, 2.24) is 19.3 Å². The zero-order valence-corrected chi connectivity index (χ0v) is 23.5. The third-order valence-electron chi connectivity index (χ3n) is 6.94. The van der Waals surface area contributed by atoms with Crippen molar-refractivity contribution in [1.29, 1.82) is 0 Å². The highest BCUT2D eigenvalue weighted by atomic mass is 79.9. The Kier molecular flexibility index (Phi) is 8.12. The van der Waals surface area contributed by atoms with Gasteiger partial charge in [0.15, 0.2) is 0 Å². The van der Waals surface area contributed by atoms with Crippen LogP contribution in [0, 0.1) is 5.92 Å². The van der Waals surface area contributed by atoms with Gasteiger partial charge in [-0.15, -0.1) is 0 Å². The molecule has 2 fully saturated rings. The fraction of sp³-hybridized carbons (Fsp3) is 0.423. The van der Waals surface area contributed by atoms with Crippen molar-refractivity contribution in [3.05, 3.63) is 52.8 Å². The average Bonchev–Trinajstić information content (AvgIpc) is 3.63. The molecule has 0 spiro atoms. The van der Waals surface area contributed by atoms with Crippen LogP contribution < -0.4 is 10.1 Å². The van der Waals surface area contributed by atoms with Gasteiger partial charge in [-0.2, -0.15) is 9.29 Å². The van der Waals surface area contributed by atoms with E-state index >= 15 is 0 Å². The Morgan fingerprint density at radius 1 is 1.13 bits per heavy atom. The number of sulfonamides is 1. The molecule has 12 heteroatoms. The molecule has 1 atom stereocenters. The summed E-state index contributed by atoms with van der Waals surface area (Å²) in [7, 11) is -2.12. The summed E-state index contributed by atoms with van der Waals surface area (Å²) in [5.41, 5.74) is 1.22. The zero-order valence-electron chi connectivity index (χ0n) is 21.1. The largest absolute Gasteiger partial charge is 0.495 e. The number of amides is 1. The van der Waals surface area contributed by atoms with E-state index in [9.17, 15) is 13.2 Å². The van der Waals surface area contributed by atoms with E-state index in [-0.39, 0.29) is 16.7 Å². The molecule has 2 saturated heterocycles. The minimum absolute atomic E-state index is 0.152. The van der Waals surface area contributed by atoms with Gasteiger partial charge in [0.05, 0.1) is 30.2 Å². The fourth-order valence-electron chi connectivity index (χ4n) is 4.90. The van der Waals surface area contributed by atoms with E-state index in [1.54, 1.807) is 6.07 Å². The first-order valence-electron chi connectivity index (χ1n) is 12.6. The van der Waals surface area contributed by atoms with E-state index in [1.807, 2.05) is 24.3 Å². The average molecular weight is 605 g/mol. The molecular weight excluding hydrogens is 574 g/mol. The smallest absolute Gasteiger partial charge is 0.243 e. The predicted molar refractivity (Wildman–Crippen MR) is 145 cm³/mol. The predicted octanol–water partition coefficient (Wildman–Crippen LogP) is 4.14. The molecule has 0 saturated carbocycles. The summed E-state index contributed by atoms with van der Waals surface area (Å²) in [6, 6.07) is 12.3. The number of nitrogens with one attached hydrogen (secondary N) is 1. The molecule has 0 aliphatic carbocycles. The maximum atomic E-state index is 13.3. The van der Waals surface area contributed by atoms with Crippen LogP contribution in [0.3, 0.4) is 0 Å².